The molecule has 56 valence electrons. The van der Waals surface area contributed by atoms with E-state index in [0.717, 1.165) is 12.0 Å². The minimum Gasteiger partial charge on any atom is -0.330 e. The Morgan fingerprint density at radius 1 is 1.80 bits per heavy atom. The van der Waals surface area contributed by atoms with Crippen LogP contribution in [-0.2, 0) is 13.5 Å². The summed E-state index contributed by atoms with van der Waals surface area (Å²) in [7, 11) is 1.84. The Hall–Kier alpha value is -0.540. The fraction of sp³-hybridized carbons (Fsp3) is 0.500. The second-order valence-corrected chi connectivity index (χ2v) is 2.52. The van der Waals surface area contributed by atoms with Gasteiger partial charge < -0.3 is 5.73 Å². The maximum Gasteiger partial charge on any atom is 0.154 e. The highest BCUT2D eigenvalue weighted by Crippen LogP contribution is 2.11. The first kappa shape index (κ1) is 7.57. The highest BCUT2D eigenvalue weighted by molar-refractivity contribution is 6.30. The monoisotopic (exact) mass is 159 g/mol. The second-order valence-electron chi connectivity index (χ2n) is 2.16. The molecule has 0 radical (unpaired) electrons. The summed E-state index contributed by atoms with van der Waals surface area (Å²) in [6, 6.07) is 0. The summed E-state index contributed by atoms with van der Waals surface area (Å²) in [5.74, 6) is 0. The Bertz CT molecular complexity index is 219. The van der Waals surface area contributed by atoms with Gasteiger partial charge in [-0.3, -0.25) is 4.68 Å². The number of nitrogens with two attached hydrogens (primary N) is 1. The van der Waals surface area contributed by atoms with Gasteiger partial charge in [0.15, 0.2) is 5.15 Å². The van der Waals surface area contributed by atoms with E-state index in [-0.39, 0.29) is 0 Å². The molecule has 0 spiro atoms. The molecule has 0 unspecified atom stereocenters. The molecule has 0 saturated carbocycles. The van der Waals surface area contributed by atoms with Crippen molar-refractivity contribution in [1.82, 2.24) is 9.78 Å². The largest absolute Gasteiger partial charge is 0.330 e. The molecule has 1 rings (SSSR count). The van der Waals surface area contributed by atoms with Crippen molar-refractivity contribution in [2.24, 2.45) is 12.8 Å². The van der Waals surface area contributed by atoms with Gasteiger partial charge in [0, 0.05) is 18.8 Å². The van der Waals surface area contributed by atoms with Gasteiger partial charge in [0.25, 0.3) is 0 Å². The predicted molar refractivity (Wildman–Crippen MR) is 41.0 cm³/mol. The fourth-order valence-corrected chi connectivity index (χ4v) is 1.10. The third-order valence-electron chi connectivity index (χ3n) is 1.27. The highest BCUT2D eigenvalue weighted by Gasteiger charge is 2.01. The zero-order valence-electron chi connectivity index (χ0n) is 5.84. The van der Waals surface area contributed by atoms with Crippen LogP contribution in [0.2, 0.25) is 5.15 Å². The molecule has 2 N–H and O–H groups in total. The lowest BCUT2D eigenvalue weighted by Gasteiger charge is -1.89. The molecule has 0 bridgehead atoms. The summed E-state index contributed by atoms with van der Waals surface area (Å²) in [5.41, 5.74) is 6.36. The van der Waals surface area contributed by atoms with Crippen LogP contribution in [0.15, 0.2) is 6.20 Å². The van der Waals surface area contributed by atoms with E-state index in [2.05, 4.69) is 5.10 Å². The van der Waals surface area contributed by atoms with E-state index in [1.54, 1.807) is 4.68 Å². The Balaban J connectivity index is 2.81. The summed E-state index contributed by atoms with van der Waals surface area (Å²) in [6.45, 7) is 0.616. The van der Waals surface area contributed by atoms with Crippen LogP contribution in [0.3, 0.4) is 0 Å². The van der Waals surface area contributed by atoms with Crippen molar-refractivity contribution in [3.8, 4) is 0 Å². The number of halogens is 1. The third kappa shape index (κ3) is 1.49. The lowest BCUT2D eigenvalue weighted by atomic mass is 10.3. The van der Waals surface area contributed by atoms with Crippen molar-refractivity contribution in [1.29, 1.82) is 0 Å². The van der Waals surface area contributed by atoms with Gasteiger partial charge in [0.05, 0.1) is 0 Å². The van der Waals surface area contributed by atoms with E-state index in [1.807, 2.05) is 13.2 Å². The number of aryl methyl sites for hydroxylation is 1. The van der Waals surface area contributed by atoms with Crippen molar-refractivity contribution < 1.29 is 0 Å². The van der Waals surface area contributed by atoms with Gasteiger partial charge in [0.1, 0.15) is 0 Å². The topological polar surface area (TPSA) is 43.8 Å². The first-order chi connectivity index (χ1) is 4.74. The smallest absolute Gasteiger partial charge is 0.154 e. The molecule has 10 heavy (non-hydrogen) atoms. The lowest BCUT2D eigenvalue weighted by molar-refractivity contribution is 0.767. The molecule has 0 aliphatic carbocycles. The normalized spacial score (nSPS) is 10.3. The van der Waals surface area contributed by atoms with Gasteiger partial charge in [-0.05, 0) is 13.0 Å². The molecule has 0 aliphatic heterocycles. The van der Waals surface area contributed by atoms with Crippen LogP contribution < -0.4 is 5.73 Å². The molecule has 3 nitrogen and oxygen atoms in total. The maximum atomic E-state index is 5.74. The quantitative estimate of drug-likeness (QED) is 0.686. The standard InChI is InChI=1S/C6H10ClN3/c1-10-4-5(2-3-8)6(7)9-10/h4H,2-3,8H2,1H3. The molecule has 0 fully saturated rings. The Labute approximate surface area is 64.8 Å². The van der Waals surface area contributed by atoms with Crippen molar-refractivity contribution in [3.05, 3.63) is 16.9 Å². The van der Waals surface area contributed by atoms with Gasteiger partial charge >= 0.3 is 0 Å². The van der Waals surface area contributed by atoms with Gasteiger partial charge in [-0.15, -0.1) is 0 Å². The molecule has 0 saturated heterocycles. The molecular formula is C6H10ClN3. The van der Waals surface area contributed by atoms with Crippen molar-refractivity contribution in [2.75, 3.05) is 6.54 Å². The van der Waals surface area contributed by atoms with Gasteiger partial charge in [-0.2, -0.15) is 5.10 Å². The second kappa shape index (κ2) is 3.03. The summed E-state index contributed by atoms with van der Waals surface area (Å²) in [5, 5.41) is 4.52. The van der Waals surface area contributed by atoms with E-state index in [1.165, 1.54) is 0 Å². The summed E-state index contributed by atoms with van der Waals surface area (Å²) >= 11 is 5.74. The van der Waals surface area contributed by atoms with E-state index >= 15 is 0 Å². The molecular weight excluding hydrogens is 150 g/mol. The average Bonchev–Trinajstić information content (AvgIpc) is 2.13. The minimum atomic E-state index is 0.563. The van der Waals surface area contributed by atoms with Crippen LogP contribution >= 0.6 is 11.6 Å². The van der Waals surface area contributed by atoms with Crippen molar-refractivity contribution >= 4 is 11.6 Å². The average molecular weight is 160 g/mol. The summed E-state index contributed by atoms with van der Waals surface area (Å²) < 4.78 is 1.69. The Morgan fingerprint density at radius 2 is 2.50 bits per heavy atom. The number of hydrogen-bond acceptors (Lipinski definition) is 2. The zero-order valence-corrected chi connectivity index (χ0v) is 6.60. The maximum absolute atomic E-state index is 5.74. The predicted octanol–water partition coefficient (Wildman–Crippen LogP) is 0.575. The Morgan fingerprint density at radius 3 is 2.90 bits per heavy atom. The molecule has 0 aromatic carbocycles. The number of aromatic nitrogens is 2. The zero-order chi connectivity index (χ0) is 7.56. The highest BCUT2D eigenvalue weighted by atomic mass is 35.5. The molecule has 1 heterocycles. The van der Waals surface area contributed by atoms with Gasteiger partial charge in [-0.25, -0.2) is 0 Å². The van der Waals surface area contributed by atoms with Crippen LogP contribution in [0.4, 0.5) is 0 Å². The first-order valence-electron chi connectivity index (χ1n) is 3.12. The lowest BCUT2D eigenvalue weighted by Crippen LogP contribution is -2.01. The fourth-order valence-electron chi connectivity index (χ4n) is 0.834. The summed E-state index contributed by atoms with van der Waals surface area (Å²) in [6.07, 6.45) is 2.68. The van der Waals surface area contributed by atoms with Crippen LogP contribution in [0.5, 0.6) is 0 Å². The van der Waals surface area contributed by atoms with Crippen LogP contribution in [0, 0.1) is 0 Å². The number of rotatable bonds is 2. The van der Waals surface area contributed by atoms with E-state index in [4.69, 9.17) is 17.3 Å². The van der Waals surface area contributed by atoms with E-state index < -0.39 is 0 Å². The summed E-state index contributed by atoms with van der Waals surface area (Å²) in [4.78, 5) is 0. The Kier molecular flexibility index (Phi) is 2.29. The number of nitrogens with zero attached hydrogens (tertiary/aromatic N) is 2. The third-order valence-corrected chi connectivity index (χ3v) is 1.59. The molecule has 0 atom stereocenters. The van der Waals surface area contributed by atoms with Crippen molar-refractivity contribution in [2.45, 2.75) is 6.42 Å². The molecule has 1 aromatic heterocycles. The SMILES string of the molecule is Cn1cc(CCN)c(Cl)n1. The van der Waals surface area contributed by atoms with E-state index in [0.29, 0.717) is 11.7 Å². The van der Waals surface area contributed by atoms with E-state index in [9.17, 15) is 0 Å². The van der Waals surface area contributed by atoms with Gasteiger partial charge in [0.2, 0.25) is 0 Å². The molecule has 0 aliphatic rings. The van der Waals surface area contributed by atoms with Crippen LogP contribution in [-0.4, -0.2) is 16.3 Å². The number of hydrogen-bond donors (Lipinski definition) is 1. The van der Waals surface area contributed by atoms with Crippen molar-refractivity contribution in [3.63, 3.8) is 0 Å². The van der Waals surface area contributed by atoms with Gasteiger partial charge in [-0.1, -0.05) is 11.6 Å². The minimum absolute atomic E-state index is 0.563. The van der Waals surface area contributed by atoms with Crippen LogP contribution in [0.1, 0.15) is 5.56 Å². The molecule has 4 heteroatoms. The molecule has 0 amide bonds. The molecule has 1 aromatic rings. The first-order valence-corrected chi connectivity index (χ1v) is 3.50. The van der Waals surface area contributed by atoms with Crippen LogP contribution in [0.25, 0.3) is 0 Å².